The monoisotopic (exact) mass is 250 g/mol. The van der Waals surface area contributed by atoms with Crippen molar-refractivity contribution in [3.63, 3.8) is 0 Å². The van der Waals surface area contributed by atoms with E-state index in [1.807, 2.05) is 0 Å². The number of aromatic nitrogens is 2. The molecule has 0 fully saturated rings. The summed E-state index contributed by atoms with van der Waals surface area (Å²) in [7, 11) is 1.71. The number of fused-ring (bicyclic) bond motifs is 1. The maximum Gasteiger partial charge on any atom is 0.147 e. The van der Waals surface area contributed by atoms with Crippen molar-refractivity contribution < 1.29 is 4.74 Å². The number of aryl methyl sites for hydroxylation is 2. The summed E-state index contributed by atoms with van der Waals surface area (Å²) in [5, 5.41) is 0. The van der Waals surface area contributed by atoms with Crippen LogP contribution in [-0.4, -0.2) is 23.7 Å². The Morgan fingerprint density at radius 3 is 2.83 bits per heavy atom. The standard InChI is InChI=1S/C13H22N4O/c1-18-9-5-8-12-15-11-7-4-2-3-6-10(11)13(16-12)17-14/h2-9,14H2,1H3,(H,15,16,17). The van der Waals surface area contributed by atoms with Gasteiger partial charge in [-0.1, -0.05) is 6.42 Å². The fourth-order valence-corrected chi connectivity index (χ4v) is 2.43. The van der Waals surface area contributed by atoms with E-state index in [0.29, 0.717) is 0 Å². The highest BCUT2D eigenvalue weighted by Crippen LogP contribution is 2.24. The average Bonchev–Trinajstić information content (AvgIpc) is 2.63. The minimum absolute atomic E-state index is 0.742. The Kier molecular flexibility index (Phi) is 4.90. The van der Waals surface area contributed by atoms with Crippen molar-refractivity contribution in [2.24, 2.45) is 5.84 Å². The third-order valence-corrected chi connectivity index (χ3v) is 3.36. The Hall–Kier alpha value is -1.20. The van der Waals surface area contributed by atoms with Gasteiger partial charge < -0.3 is 10.2 Å². The Balaban J connectivity index is 2.19. The number of nitrogen functional groups attached to an aromatic ring is 1. The number of nitrogens with zero attached hydrogens (tertiary/aromatic N) is 2. The second-order valence-corrected chi connectivity index (χ2v) is 4.72. The molecule has 0 aliphatic heterocycles. The van der Waals surface area contributed by atoms with Gasteiger partial charge in [-0.3, -0.25) is 0 Å². The molecule has 5 heteroatoms. The number of nitrogens with two attached hydrogens (primary N) is 1. The molecule has 0 atom stereocenters. The number of anilines is 1. The van der Waals surface area contributed by atoms with Gasteiger partial charge in [-0.2, -0.15) is 0 Å². The summed E-state index contributed by atoms with van der Waals surface area (Å²) >= 11 is 0. The van der Waals surface area contributed by atoms with E-state index in [4.69, 9.17) is 15.6 Å². The van der Waals surface area contributed by atoms with Crippen molar-refractivity contribution in [2.75, 3.05) is 19.1 Å². The normalized spacial score (nSPS) is 15.0. The van der Waals surface area contributed by atoms with Crippen LogP contribution < -0.4 is 11.3 Å². The van der Waals surface area contributed by atoms with Gasteiger partial charge in [0, 0.05) is 31.4 Å². The highest BCUT2D eigenvalue weighted by atomic mass is 16.5. The highest BCUT2D eigenvalue weighted by molar-refractivity contribution is 5.46. The van der Waals surface area contributed by atoms with Gasteiger partial charge in [-0.15, -0.1) is 0 Å². The zero-order chi connectivity index (χ0) is 12.8. The van der Waals surface area contributed by atoms with Crippen LogP contribution in [-0.2, 0) is 24.0 Å². The maximum atomic E-state index is 5.58. The molecule has 0 amide bonds. The van der Waals surface area contributed by atoms with Crippen LogP contribution in [0.2, 0.25) is 0 Å². The summed E-state index contributed by atoms with van der Waals surface area (Å²) in [5.74, 6) is 7.27. The smallest absolute Gasteiger partial charge is 0.147 e. The van der Waals surface area contributed by atoms with Gasteiger partial charge in [0.05, 0.1) is 0 Å². The number of nitrogens with one attached hydrogen (secondary N) is 1. The Labute approximate surface area is 108 Å². The van der Waals surface area contributed by atoms with Gasteiger partial charge in [-0.05, 0) is 32.1 Å². The van der Waals surface area contributed by atoms with Crippen molar-refractivity contribution in [3.8, 4) is 0 Å². The van der Waals surface area contributed by atoms with Crippen LogP contribution in [0.3, 0.4) is 0 Å². The van der Waals surface area contributed by atoms with E-state index in [2.05, 4.69) is 10.4 Å². The first-order valence-corrected chi connectivity index (χ1v) is 6.69. The summed E-state index contributed by atoms with van der Waals surface area (Å²) in [6.45, 7) is 0.742. The lowest BCUT2D eigenvalue weighted by Gasteiger charge is -2.12. The lowest BCUT2D eigenvalue weighted by Crippen LogP contribution is -2.15. The highest BCUT2D eigenvalue weighted by Gasteiger charge is 2.15. The minimum atomic E-state index is 0.742. The van der Waals surface area contributed by atoms with E-state index in [0.717, 1.165) is 43.9 Å². The second kappa shape index (κ2) is 6.66. The number of hydrogen-bond acceptors (Lipinski definition) is 5. The first-order valence-electron chi connectivity index (χ1n) is 6.69. The molecule has 2 rings (SSSR count). The van der Waals surface area contributed by atoms with Crippen LogP contribution in [0.4, 0.5) is 5.82 Å². The van der Waals surface area contributed by atoms with Crippen LogP contribution in [0.5, 0.6) is 0 Å². The summed E-state index contributed by atoms with van der Waals surface area (Å²) in [6, 6.07) is 0. The quantitative estimate of drug-likeness (QED) is 0.359. The largest absolute Gasteiger partial charge is 0.385 e. The molecule has 1 aliphatic carbocycles. The molecule has 0 saturated carbocycles. The molecule has 0 spiro atoms. The van der Waals surface area contributed by atoms with E-state index >= 15 is 0 Å². The van der Waals surface area contributed by atoms with Crippen LogP contribution in [0.25, 0.3) is 0 Å². The van der Waals surface area contributed by atoms with Gasteiger partial charge in [0.1, 0.15) is 11.6 Å². The number of methoxy groups -OCH3 is 1. The van der Waals surface area contributed by atoms with E-state index in [1.165, 1.54) is 30.5 Å². The number of hydrazine groups is 1. The van der Waals surface area contributed by atoms with Gasteiger partial charge in [0.15, 0.2) is 0 Å². The average molecular weight is 250 g/mol. The van der Waals surface area contributed by atoms with Gasteiger partial charge in [-0.25, -0.2) is 15.8 Å². The summed E-state index contributed by atoms with van der Waals surface area (Å²) in [6.07, 6.45) is 7.55. The molecule has 1 aromatic heterocycles. The van der Waals surface area contributed by atoms with Crippen LogP contribution >= 0.6 is 0 Å². The van der Waals surface area contributed by atoms with Crippen molar-refractivity contribution in [1.82, 2.24) is 9.97 Å². The Morgan fingerprint density at radius 2 is 2.06 bits per heavy atom. The van der Waals surface area contributed by atoms with Crippen LogP contribution in [0.15, 0.2) is 0 Å². The SMILES string of the molecule is COCCCc1nc2c(c(NN)n1)CCCCC2. The van der Waals surface area contributed by atoms with Crippen molar-refractivity contribution in [3.05, 3.63) is 17.1 Å². The topological polar surface area (TPSA) is 73.1 Å². The minimum Gasteiger partial charge on any atom is -0.385 e. The summed E-state index contributed by atoms with van der Waals surface area (Å²) < 4.78 is 5.06. The number of hydrogen-bond donors (Lipinski definition) is 2. The van der Waals surface area contributed by atoms with E-state index < -0.39 is 0 Å². The van der Waals surface area contributed by atoms with Crippen molar-refractivity contribution in [1.29, 1.82) is 0 Å². The molecular formula is C13H22N4O. The van der Waals surface area contributed by atoms with E-state index in [1.54, 1.807) is 7.11 Å². The predicted molar refractivity (Wildman–Crippen MR) is 71.3 cm³/mol. The molecular weight excluding hydrogens is 228 g/mol. The van der Waals surface area contributed by atoms with Crippen LogP contribution in [0, 0.1) is 0 Å². The predicted octanol–water partition coefficient (Wildman–Crippen LogP) is 1.61. The lowest BCUT2D eigenvalue weighted by atomic mass is 10.1. The summed E-state index contributed by atoms with van der Waals surface area (Å²) in [4.78, 5) is 9.21. The fourth-order valence-electron chi connectivity index (χ4n) is 2.43. The zero-order valence-electron chi connectivity index (χ0n) is 11.0. The van der Waals surface area contributed by atoms with E-state index in [9.17, 15) is 0 Å². The third kappa shape index (κ3) is 3.17. The molecule has 1 aliphatic rings. The molecule has 1 heterocycles. The maximum absolute atomic E-state index is 5.58. The van der Waals surface area contributed by atoms with Gasteiger partial charge >= 0.3 is 0 Å². The molecule has 0 unspecified atom stereocenters. The molecule has 0 bridgehead atoms. The van der Waals surface area contributed by atoms with Crippen LogP contribution in [0.1, 0.15) is 42.8 Å². The molecule has 0 saturated heterocycles. The van der Waals surface area contributed by atoms with E-state index in [-0.39, 0.29) is 0 Å². The lowest BCUT2D eigenvalue weighted by molar-refractivity contribution is 0.194. The molecule has 3 N–H and O–H groups in total. The fraction of sp³-hybridized carbons (Fsp3) is 0.692. The first kappa shape index (κ1) is 13.2. The second-order valence-electron chi connectivity index (χ2n) is 4.72. The van der Waals surface area contributed by atoms with Gasteiger partial charge in [0.25, 0.3) is 0 Å². The van der Waals surface area contributed by atoms with Gasteiger partial charge in [0.2, 0.25) is 0 Å². The third-order valence-electron chi connectivity index (χ3n) is 3.36. The molecule has 0 aromatic carbocycles. The molecule has 18 heavy (non-hydrogen) atoms. The Morgan fingerprint density at radius 1 is 1.22 bits per heavy atom. The molecule has 5 nitrogen and oxygen atoms in total. The first-order chi connectivity index (χ1) is 8.85. The Bertz CT molecular complexity index is 395. The summed E-state index contributed by atoms with van der Waals surface area (Å²) in [5.41, 5.74) is 5.13. The van der Waals surface area contributed by atoms with Crippen molar-refractivity contribution >= 4 is 5.82 Å². The zero-order valence-corrected chi connectivity index (χ0v) is 11.0. The van der Waals surface area contributed by atoms with Crippen molar-refractivity contribution in [2.45, 2.75) is 44.9 Å². The molecule has 0 radical (unpaired) electrons. The number of ether oxygens (including phenoxy) is 1. The molecule has 1 aromatic rings. The molecule has 100 valence electrons. The number of rotatable bonds is 5.